The monoisotopic (exact) mass is 510 g/mol. The summed E-state index contributed by atoms with van der Waals surface area (Å²) in [5.41, 5.74) is -6.65. The highest BCUT2D eigenvalue weighted by molar-refractivity contribution is 7.89. The van der Waals surface area contributed by atoms with Crippen LogP contribution >= 0.6 is 0 Å². The maximum absolute atomic E-state index is 13.1. The summed E-state index contributed by atoms with van der Waals surface area (Å²) in [6.45, 7) is 0.947. The highest BCUT2D eigenvalue weighted by Crippen LogP contribution is 2.51. The Morgan fingerprint density at radius 2 is 1.56 bits per heavy atom. The molecule has 3 N–H and O–H groups in total. The first-order chi connectivity index (χ1) is 15.5. The lowest BCUT2D eigenvalue weighted by molar-refractivity contribution is -0.376. The summed E-state index contributed by atoms with van der Waals surface area (Å²) in [6.07, 6.45) is -10.7. The third-order valence-electron chi connectivity index (χ3n) is 5.22. The molecule has 0 radical (unpaired) electrons. The van der Waals surface area contributed by atoms with E-state index in [0.29, 0.717) is 11.6 Å². The molecule has 0 aliphatic heterocycles. The number of hydrogen-bond acceptors (Lipinski definition) is 4. The van der Waals surface area contributed by atoms with Crippen molar-refractivity contribution < 1.29 is 44.7 Å². The number of anilines is 1. The molecular formula is C21H20F6N2O4S. The van der Waals surface area contributed by atoms with Gasteiger partial charge in [0.15, 0.2) is 0 Å². The highest BCUT2D eigenvalue weighted by atomic mass is 32.2. The number of nitrogens with one attached hydrogen (secondary N) is 2. The van der Waals surface area contributed by atoms with Crippen LogP contribution in [-0.2, 0) is 26.8 Å². The summed E-state index contributed by atoms with van der Waals surface area (Å²) < 4.78 is 105. The zero-order valence-electron chi connectivity index (χ0n) is 17.6. The van der Waals surface area contributed by atoms with E-state index in [1.807, 2.05) is 0 Å². The zero-order valence-corrected chi connectivity index (χ0v) is 18.4. The second-order valence-corrected chi connectivity index (χ2v) is 9.71. The van der Waals surface area contributed by atoms with Gasteiger partial charge in [-0.1, -0.05) is 18.2 Å². The molecule has 1 aliphatic carbocycles. The first-order valence-corrected chi connectivity index (χ1v) is 11.4. The molecule has 0 atom stereocenters. The molecule has 13 heteroatoms. The number of benzene rings is 2. The first kappa shape index (κ1) is 26.0. The Hall–Kier alpha value is -2.64. The Labute approximate surface area is 191 Å². The van der Waals surface area contributed by atoms with E-state index in [4.69, 9.17) is 0 Å². The molecule has 0 heterocycles. The summed E-state index contributed by atoms with van der Waals surface area (Å²) in [7, 11) is -3.66. The summed E-state index contributed by atoms with van der Waals surface area (Å²) in [5, 5.41) is 11.9. The van der Waals surface area contributed by atoms with Gasteiger partial charge in [0.1, 0.15) is 0 Å². The Bertz CT molecular complexity index is 1160. The topological polar surface area (TPSA) is 95.5 Å². The number of alkyl halides is 6. The van der Waals surface area contributed by atoms with E-state index in [-0.39, 0.29) is 23.0 Å². The number of halogens is 6. The summed E-state index contributed by atoms with van der Waals surface area (Å²) in [4.78, 5) is 12.3. The van der Waals surface area contributed by atoms with Crippen molar-refractivity contribution in [1.82, 2.24) is 4.72 Å². The Balaban J connectivity index is 1.71. The maximum atomic E-state index is 13.1. The predicted molar refractivity (Wildman–Crippen MR) is 109 cm³/mol. The van der Waals surface area contributed by atoms with E-state index >= 15 is 0 Å². The number of aryl methyl sites for hydroxylation is 1. The third kappa shape index (κ3) is 5.36. The number of carbonyl (C=O) groups excluding carboxylic acids is 1. The largest absolute Gasteiger partial charge is 0.430 e. The minimum absolute atomic E-state index is 0.0246. The van der Waals surface area contributed by atoms with Crippen molar-refractivity contribution in [3.63, 3.8) is 0 Å². The van der Waals surface area contributed by atoms with E-state index in [2.05, 4.69) is 10.0 Å². The second kappa shape index (κ2) is 8.86. The number of carbonyl (C=O) groups is 1. The van der Waals surface area contributed by atoms with Gasteiger partial charge in [0.25, 0.3) is 5.60 Å². The number of sulfonamides is 1. The molecule has 0 unspecified atom stereocenters. The van der Waals surface area contributed by atoms with Gasteiger partial charge in [-0.25, -0.2) is 13.1 Å². The molecule has 0 spiro atoms. The summed E-state index contributed by atoms with van der Waals surface area (Å²) in [5.74, 6) is -0.638. The van der Waals surface area contributed by atoms with Crippen LogP contribution < -0.4 is 10.0 Å². The number of hydrogen-bond donors (Lipinski definition) is 3. The van der Waals surface area contributed by atoms with E-state index in [1.165, 1.54) is 24.3 Å². The quantitative estimate of drug-likeness (QED) is 0.492. The van der Waals surface area contributed by atoms with Crippen molar-refractivity contribution in [3.05, 3.63) is 59.2 Å². The van der Waals surface area contributed by atoms with E-state index in [9.17, 15) is 44.7 Å². The van der Waals surface area contributed by atoms with Gasteiger partial charge in [-0.3, -0.25) is 4.79 Å². The summed E-state index contributed by atoms with van der Waals surface area (Å²) in [6, 6.07) is 7.57. The fourth-order valence-corrected chi connectivity index (χ4v) is 4.58. The molecule has 2 aromatic carbocycles. The van der Waals surface area contributed by atoms with Crippen LogP contribution in [-0.4, -0.2) is 37.8 Å². The smallest absolute Gasteiger partial charge is 0.369 e. The highest BCUT2D eigenvalue weighted by Gasteiger charge is 2.71. The molecule has 0 saturated heterocycles. The van der Waals surface area contributed by atoms with Crippen LogP contribution in [0.5, 0.6) is 0 Å². The molecule has 1 saturated carbocycles. The fourth-order valence-electron chi connectivity index (χ4n) is 3.28. The van der Waals surface area contributed by atoms with Crippen LogP contribution in [0.15, 0.2) is 47.4 Å². The zero-order chi connectivity index (χ0) is 25.5. The van der Waals surface area contributed by atoms with E-state index < -0.39 is 45.0 Å². The molecule has 3 rings (SSSR count). The molecule has 0 bridgehead atoms. The molecule has 1 fully saturated rings. The second-order valence-electron chi connectivity index (χ2n) is 8.00. The van der Waals surface area contributed by atoms with Crippen molar-refractivity contribution in [1.29, 1.82) is 0 Å². The third-order valence-corrected chi connectivity index (χ3v) is 6.75. The van der Waals surface area contributed by atoms with Crippen LogP contribution in [0, 0.1) is 6.92 Å². The minimum Gasteiger partial charge on any atom is -0.369 e. The molecule has 2 aromatic rings. The van der Waals surface area contributed by atoms with Gasteiger partial charge in [0.05, 0.1) is 11.3 Å². The average molecular weight is 510 g/mol. The SMILES string of the molecule is Cc1cc(NC(=O)Cc2ccc(S(=O)(=O)NC3CC3)cc2)ccc1C(O)(C(F)(F)F)C(F)(F)F. The number of aliphatic hydroxyl groups is 1. The molecule has 186 valence electrons. The Morgan fingerprint density at radius 1 is 1.00 bits per heavy atom. The van der Waals surface area contributed by atoms with Gasteiger partial charge in [-0.05, 0) is 55.2 Å². The standard InChI is InChI=1S/C21H20F6N2O4S/c1-12-10-15(6-9-17(12)19(31,20(22,23)24)21(25,26)27)28-18(30)11-13-2-7-16(8-3-13)34(32,33)29-14-4-5-14/h2-3,6-10,14,29,31H,4-5,11H2,1H3,(H,28,30). The molecule has 0 aromatic heterocycles. The fraction of sp³-hybridized carbons (Fsp3) is 0.381. The van der Waals surface area contributed by atoms with Crippen LogP contribution in [0.2, 0.25) is 0 Å². The first-order valence-electron chi connectivity index (χ1n) is 9.92. The Kier molecular flexibility index (Phi) is 6.77. The van der Waals surface area contributed by atoms with Gasteiger partial charge in [0.2, 0.25) is 15.9 Å². The maximum Gasteiger partial charge on any atom is 0.430 e. The lowest BCUT2D eigenvalue weighted by Crippen LogP contribution is -2.54. The van der Waals surface area contributed by atoms with E-state index in [0.717, 1.165) is 31.9 Å². The van der Waals surface area contributed by atoms with Gasteiger partial charge in [-0.15, -0.1) is 0 Å². The summed E-state index contributed by atoms with van der Waals surface area (Å²) >= 11 is 0. The Morgan fingerprint density at radius 3 is 2.03 bits per heavy atom. The van der Waals surface area contributed by atoms with Crippen LogP contribution in [0.4, 0.5) is 32.0 Å². The van der Waals surface area contributed by atoms with Crippen molar-refractivity contribution in [3.8, 4) is 0 Å². The number of amides is 1. The number of rotatable bonds is 7. The predicted octanol–water partition coefficient (Wildman–Crippen LogP) is 3.93. The molecule has 34 heavy (non-hydrogen) atoms. The normalized spacial score (nSPS) is 15.3. The minimum atomic E-state index is -6.02. The molecular weight excluding hydrogens is 490 g/mol. The lowest BCUT2D eigenvalue weighted by Gasteiger charge is -2.33. The average Bonchev–Trinajstić information content (AvgIpc) is 3.49. The van der Waals surface area contributed by atoms with E-state index in [1.54, 1.807) is 0 Å². The lowest BCUT2D eigenvalue weighted by atomic mass is 9.88. The molecule has 1 amide bonds. The van der Waals surface area contributed by atoms with Crippen LogP contribution in [0.1, 0.15) is 29.5 Å². The van der Waals surface area contributed by atoms with Crippen molar-refractivity contribution in [2.24, 2.45) is 0 Å². The van der Waals surface area contributed by atoms with Crippen LogP contribution in [0.3, 0.4) is 0 Å². The van der Waals surface area contributed by atoms with Crippen molar-refractivity contribution in [2.75, 3.05) is 5.32 Å². The van der Waals surface area contributed by atoms with Gasteiger partial charge >= 0.3 is 12.4 Å². The van der Waals surface area contributed by atoms with Gasteiger partial charge in [0, 0.05) is 17.3 Å². The van der Waals surface area contributed by atoms with Crippen molar-refractivity contribution >= 4 is 21.6 Å². The molecule has 6 nitrogen and oxygen atoms in total. The van der Waals surface area contributed by atoms with Crippen LogP contribution in [0.25, 0.3) is 0 Å². The van der Waals surface area contributed by atoms with Gasteiger partial charge in [-0.2, -0.15) is 26.3 Å². The van der Waals surface area contributed by atoms with Crippen molar-refractivity contribution in [2.45, 2.75) is 55.1 Å². The molecule has 1 aliphatic rings. The van der Waals surface area contributed by atoms with Gasteiger partial charge < -0.3 is 10.4 Å².